The van der Waals surface area contributed by atoms with Crippen LogP contribution in [0.5, 0.6) is 0 Å². The average Bonchev–Trinajstić information content (AvgIpc) is 2.51. The Hall–Kier alpha value is -1.91. The Kier molecular flexibility index (Phi) is 5.74. The van der Waals surface area contributed by atoms with Crippen molar-refractivity contribution in [3.63, 3.8) is 0 Å². The fourth-order valence-electron chi connectivity index (χ4n) is 2.08. The number of rotatable bonds is 3. The molecule has 2 aromatic rings. The summed E-state index contributed by atoms with van der Waals surface area (Å²) in [4.78, 5) is 12.2. The van der Waals surface area contributed by atoms with Gasteiger partial charge in [0.25, 0.3) is 5.91 Å². The van der Waals surface area contributed by atoms with Crippen LogP contribution < -0.4 is 10.6 Å². The van der Waals surface area contributed by atoms with E-state index in [-0.39, 0.29) is 11.0 Å². The van der Waals surface area contributed by atoms with Crippen LogP contribution in [-0.4, -0.2) is 11.0 Å². The average molecular weight is 347 g/mol. The van der Waals surface area contributed by atoms with Crippen molar-refractivity contribution in [1.29, 1.82) is 0 Å². The third-order valence-corrected chi connectivity index (χ3v) is 3.95. The number of benzene rings is 2. The van der Waals surface area contributed by atoms with E-state index in [1.807, 2.05) is 25.1 Å². The van der Waals surface area contributed by atoms with Gasteiger partial charge in [-0.05, 0) is 60.5 Å². The van der Waals surface area contributed by atoms with Gasteiger partial charge in [-0.15, -0.1) is 0 Å². The summed E-state index contributed by atoms with van der Waals surface area (Å²) >= 11 is 11.2. The summed E-state index contributed by atoms with van der Waals surface area (Å²) in [6.45, 7) is 6.16. The molecular formula is C18H19ClN2OS. The number of amides is 1. The molecular weight excluding hydrogens is 328 g/mol. The molecule has 2 N–H and O–H groups in total. The molecule has 0 heterocycles. The number of carbonyl (C=O) groups excluding carboxylic acids is 1. The van der Waals surface area contributed by atoms with Gasteiger partial charge < -0.3 is 5.32 Å². The number of hydrogen-bond acceptors (Lipinski definition) is 2. The molecule has 23 heavy (non-hydrogen) atoms. The van der Waals surface area contributed by atoms with Gasteiger partial charge in [0.1, 0.15) is 0 Å². The Labute approximate surface area is 147 Å². The van der Waals surface area contributed by atoms with E-state index in [1.54, 1.807) is 24.3 Å². The highest BCUT2D eigenvalue weighted by Crippen LogP contribution is 2.20. The Morgan fingerprint density at radius 2 is 1.78 bits per heavy atom. The van der Waals surface area contributed by atoms with E-state index >= 15 is 0 Å². The molecule has 120 valence electrons. The molecule has 0 fully saturated rings. The standard InChI is InChI=1S/C18H19ClN2OS/c1-11(2)13-5-7-14(8-6-13)17(22)21-18(23)20-16-10-15(19)9-4-12(16)3/h4-11H,1-3H3,(H2,20,21,22,23). The molecule has 0 aromatic heterocycles. The normalized spacial score (nSPS) is 10.5. The molecule has 0 bridgehead atoms. The lowest BCUT2D eigenvalue weighted by Gasteiger charge is -2.12. The minimum Gasteiger partial charge on any atom is -0.332 e. The Balaban J connectivity index is 2.02. The van der Waals surface area contributed by atoms with E-state index in [0.29, 0.717) is 16.5 Å². The molecule has 5 heteroatoms. The van der Waals surface area contributed by atoms with E-state index in [2.05, 4.69) is 24.5 Å². The fraction of sp³-hybridized carbons (Fsp3) is 0.222. The first-order chi connectivity index (χ1) is 10.9. The van der Waals surface area contributed by atoms with Crippen LogP contribution >= 0.6 is 23.8 Å². The van der Waals surface area contributed by atoms with Crippen LogP contribution in [0.2, 0.25) is 5.02 Å². The van der Waals surface area contributed by atoms with Gasteiger partial charge in [0, 0.05) is 16.3 Å². The molecule has 0 atom stereocenters. The van der Waals surface area contributed by atoms with Gasteiger partial charge in [-0.1, -0.05) is 43.6 Å². The van der Waals surface area contributed by atoms with Crippen LogP contribution in [0.3, 0.4) is 0 Å². The molecule has 0 spiro atoms. The van der Waals surface area contributed by atoms with E-state index in [9.17, 15) is 4.79 Å². The van der Waals surface area contributed by atoms with Crippen molar-refractivity contribution < 1.29 is 4.79 Å². The fourth-order valence-corrected chi connectivity index (χ4v) is 2.45. The van der Waals surface area contributed by atoms with Crippen LogP contribution in [0.15, 0.2) is 42.5 Å². The topological polar surface area (TPSA) is 41.1 Å². The quantitative estimate of drug-likeness (QED) is 0.777. The maximum absolute atomic E-state index is 12.2. The summed E-state index contributed by atoms with van der Waals surface area (Å²) in [6, 6.07) is 13.0. The summed E-state index contributed by atoms with van der Waals surface area (Å²) in [5.41, 5.74) is 3.53. The van der Waals surface area contributed by atoms with Crippen molar-refractivity contribution in [2.75, 3.05) is 5.32 Å². The van der Waals surface area contributed by atoms with Gasteiger partial charge in [-0.25, -0.2) is 0 Å². The monoisotopic (exact) mass is 346 g/mol. The number of thiocarbonyl (C=S) groups is 1. The first-order valence-corrected chi connectivity index (χ1v) is 8.14. The highest BCUT2D eigenvalue weighted by Gasteiger charge is 2.09. The molecule has 0 saturated heterocycles. The molecule has 0 aliphatic heterocycles. The third kappa shape index (κ3) is 4.78. The number of nitrogens with one attached hydrogen (secondary N) is 2. The van der Waals surface area contributed by atoms with Crippen molar-refractivity contribution in [2.45, 2.75) is 26.7 Å². The maximum atomic E-state index is 12.2. The second kappa shape index (κ2) is 7.57. The Morgan fingerprint density at radius 1 is 1.13 bits per heavy atom. The van der Waals surface area contributed by atoms with E-state index < -0.39 is 0 Å². The molecule has 0 unspecified atom stereocenters. The lowest BCUT2D eigenvalue weighted by atomic mass is 10.0. The number of halogens is 1. The van der Waals surface area contributed by atoms with Crippen molar-refractivity contribution in [3.05, 3.63) is 64.2 Å². The van der Waals surface area contributed by atoms with E-state index in [1.165, 1.54) is 5.56 Å². The predicted molar refractivity (Wildman–Crippen MR) is 100 cm³/mol. The Bertz CT molecular complexity index is 726. The SMILES string of the molecule is Cc1ccc(Cl)cc1NC(=S)NC(=O)c1ccc(C(C)C)cc1. The molecule has 0 aliphatic carbocycles. The maximum Gasteiger partial charge on any atom is 0.257 e. The van der Waals surface area contributed by atoms with Crippen LogP contribution in [0.25, 0.3) is 0 Å². The highest BCUT2D eigenvalue weighted by molar-refractivity contribution is 7.80. The highest BCUT2D eigenvalue weighted by atomic mass is 35.5. The lowest BCUT2D eigenvalue weighted by molar-refractivity contribution is 0.0977. The van der Waals surface area contributed by atoms with Gasteiger partial charge in [0.15, 0.2) is 5.11 Å². The van der Waals surface area contributed by atoms with Gasteiger partial charge >= 0.3 is 0 Å². The summed E-state index contributed by atoms with van der Waals surface area (Å²) < 4.78 is 0. The minimum absolute atomic E-state index is 0.238. The van der Waals surface area contributed by atoms with Crippen LogP contribution in [0, 0.1) is 6.92 Å². The second-order valence-corrected chi connectivity index (χ2v) is 6.49. The van der Waals surface area contributed by atoms with Gasteiger partial charge in [0.05, 0.1) is 0 Å². The van der Waals surface area contributed by atoms with Gasteiger partial charge in [0.2, 0.25) is 0 Å². The molecule has 0 aliphatic rings. The van der Waals surface area contributed by atoms with Crippen molar-refractivity contribution >= 4 is 40.5 Å². The zero-order chi connectivity index (χ0) is 17.0. The van der Waals surface area contributed by atoms with Crippen LogP contribution in [0.4, 0.5) is 5.69 Å². The predicted octanol–water partition coefficient (Wildman–Crippen LogP) is 4.90. The first-order valence-electron chi connectivity index (χ1n) is 7.35. The first kappa shape index (κ1) is 17.4. The summed E-state index contributed by atoms with van der Waals surface area (Å²) in [5, 5.41) is 6.53. The molecule has 2 aromatic carbocycles. The van der Waals surface area contributed by atoms with Crippen molar-refractivity contribution in [1.82, 2.24) is 5.32 Å². The molecule has 2 rings (SSSR count). The van der Waals surface area contributed by atoms with E-state index in [0.717, 1.165) is 11.3 Å². The molecule has 0 radical (unpaired) electrons. The van der Waals surface area contributed by atoms with Crippen LogP contribution in [0.1, 0.15) is 41.3 Å². The molecule has 1 amide bonds. The van der Waals surface area contributed by atoms with E-state index in [4.69, 9.17) is 23.8 Å². The number of anilines is 1. The van der Waals surface area contributed by atoms with Crippen LogP contribution in [-0.2, 0) is 0 Å². The summed E-state index contributed by atoms with van der Waals surface area (Å²) in [5.74, 6) is 0.193. The zero-order valence-corrected chi connectivity index (χ0v) is 14.9. The second-order valence-electron chi connectivity index (χ2n) is 5.64. The third-order valence-electron chi connectivity index (χ3n) is 3.51. The van der Waals surface area contributed by atoms with Gasteiger partial charge in [-0.2, -0.15) is 0 Å². The van der Waals surface area contributed by atoms with Crippen molar-refractivity contribution in [2.24, 2.45) is 0 Å². The number of carbonyl (C=O) groups is 1. The van der Waals surface area contributed by atoms with Crippen molar-refractivity contribution in [3.8, 4) is 0 Å². The molecule has 0 saturated carbocycles. The minimum atomic E-state index is -0.238. The van der Waals surface area contributed by atoms with Gasteiger partial charge in [-0.3, -0.25) is 10.1 Å². The zero-order valence-electron chi connectivity index (χ0n) is 13.3. The smallest absolute Gasteiger partial charge is 0.257 e. The summed E-state index contributed by atoms with van der Waals surface area (Å²) in [7, 11) is 0. The number of hydrogen-bond donors (Lipinski definition) is 2. The summed E-state index contributed by atoms with van der Waals surface area (Å²) in [6.07, 6.45) is 0. The lowest BCUT2D eigenvalue weighted by Crippen LogP contribution is -2.34. The molecule has 3 nitrogen and oxygen atoms in total. The largest absolute Gasteiger partial charge is 0.332 e. The number of aryl methyl sites for hydroxylation is 1. The Morgan fingerprint density at radius 3 is 2.39 bits per heavy atom.